The van der Waals surface area contributed by atoms with Gasteiger partial charge >= 0.3 is 0 Å². The van der Waals surface area contributed by atoms with Crippen LogP contribution in [0.1, 0.15) is 6.42 Å². The first kappa shape index (κ1) is 14.1. The van der Waals surface area contributed by atoms with E-state index in [0.717, 1.165) is 37.7 Å². The van der Waals surface area contributed by atoms with Crippen LogP contribution in [-0.2, 0) is 9.53 Å². The average Bonchev–Trinajstić information content (AvgIpc) is 3.17. The van der Waals surface area contributed by atoms with Gasteiger partial charge in [0.15, 0.2) is 11.3 Å². The number of thiazole rings is 1. The van der Waals surface area contributed by atoms with Crippen LogP contribution < -0.4 is 10.2 Å². The molecule has 3 heterocycles. The number of ether oxygens (including phenoxy) is 1. The van der Waals surface area contributed by atoms with Crippen LogP contribution in [0.25, 0.3) is 0 Å². The number of carbonyl (C=O) groups is 1. The molecule has 2 aliphatic heterocycles. The van der Waals surface area contributed by atoms with Crippen LogP contribution in [0.3, 0.4) is 0 Å². The summed E-state index contributed by atoms with van der Waals surface area (Å²) in [5, 5.41) is 13.4. The normalized spacial score (nSPS) is 22.1. The van der Waals surface area contributed by atoms with Gasteiger partial charge in [0.25, 0.3) is 0 Å². The summed E-state index contributed by atoms with van der Waals surface area (Å²) in [4.78, 5) is 20.2. The lowest BCUT2D eigenvalue weighted by atomic mass is 10.1. The molecule has 1 aromatic rings. The molecule has 2 fully saturated rings. The van der Waals surface area contributed by atoms with Crippen molar-refractivity contribution in [1.82, 2.24) is 9.88 Å². The molecule has 1 unspecified atom stereocenters. The molecular formula is C13H17N5O2S. The molecule has 0 bridgehead atoms. The Kier molecular flexibility index (Phi) is 4.22. The third-order valence-corrected chi connectivity index (χ3v) is 4.72. The van der Waals surface area contributed by atoms with Crippen LogP contribution in [0.2, 0.25) is 0 Å². The van der Waals surface area contributed by atoms with Crippen molar-refractivity contribution in [2.75, 3.05) is 49.6 Å². The second kappa shape index (κ2) is 6.28. The number of amides is 1. The van der Waals surface area contributed by atoms with Crippen LogP contribution in [-0.4, -0.2) is 55.2 Å². The number of nitrogens with one attached hydrogen (secondary N) is 1. The minimum atomic E-state index is -0.125. The fourth-order valence-corrected chi connectivity index (χ4v) is 3.40. The van der Waals surface area contributed by atoms with Crippen molar-refractivity contribution in [2.24, 2.45) is 5.92 Å². The molecule has 0 aliphatic carbocycles. The lowest BCUT2D eigenvalue weighted by molar-refractivity contribution is -0.119. The van der Waals surface area contributed by atoms with Crippen LogP contribution in [0.15, 0.2) is 6.20 Å². The number of hydrogen-bond acceptors (Lipinski definition) is 7. The maximum atomic E-state index is 12.1. The standard InChI is InChI=1S/C13H17N5O2S/c14-9-17-2-1-10(8-17)12(19)16-13-15-7-11(21-13)18-3-5-20-6-4-18/h7,10H,1-6,8H2,(H,15,16,19). The zero-order valence-electron chi connectivity index (χ0n) is 11.6. The predicted octanol–water partition coefficient (Wildman–Crippen LogP) is 0.721. The average molecular weight is 307 g/mol. The summed E-state index contributed by atoms with van der Waals surface area (Å²) in [6.07, 6.45) is 4.60. The first-order valence-corrected chi connectivity index (χ1v) is 7.82. The fraction of sp³-hybridized carbons (Fsp3) is 0.615. The predicted molar refractivity (Wildman–Crippen MR) is 79.1 cm³/mol. The topological polar surface area (TPSA) is 81.5 Å². The van der Waals surface area contributed by atoms with Crippen molar-refractivity contribution in [3.8, 4) is 6.19 Å². The number of carbonyl (C=O) groups excluding carboxylic acids is 1. The van der Waals surface area contributed by atoms with E-state index in [1.165, 1.54) is 11.3 Å². The molecule has 2 saturated heterocycles. The summed E-state index contributed by atoms with van der Waals surface area (Å²) >= 11 is 1.48. The molecule has 3 rings (SSSR count). The van der Waals surface area contributed by atoms with Crippen molar-refractivity contribution in [2.45, 2.75) is 6.42 Å². The third-order valence-electron chi connectivity index (χ3n) is 3.75. The Labute approximate surface area is 127 Å². The van der Waals surface area contributed by atoms with Crippen LogP contribution in [0, 0.1) is 17.4 Å². The quantitative estimate of drug-likeness (QED) is 0.829. The molecule has 112 valence electrons. The highest BCUT2D eigenvalue weighted by molar-refractivity contribution is 7.19. The van der Waals surface area contributed by atoms with Gasteiger partial charge in [0.1, 0.15) is 5.00 Å². The van der Waals surface area contributed by atoms with Gasteiger partial charge in [0, 0.05) is 26.2 Å². The van der Waals surface area contributed by atoms with Crippen molar-refractivity contribution in [3.63, 3.8) is 0 Å². The Morgan fingerprint density at radius 2 is 2.29 bits per heavy atom. The maximum Gasteiger partial charge on any atom is 0.231 e. The summed E-state index contributed by atoms with van der Waals surface area (Å²) in [5.74, 6) is -0.170. The number of hydrogen-bond donors (Lipinski definition) is 1. The number of aromatic nitrogens is 1. The number of morpholine rings is 1. The number of likely N-dealkylation sites (tertiary alicyclic amines) is 1. The highest BCUT2D eigenvalue weighted by Crippen LogP contribution is 2.28. The summed E-state index contributed by atoms with van der Waals surface area (Å²) in [6.45, 7) is 4.33. The molecule has 1 amide bonds. The number of nitrogens with zero attached hydrogens (tertiary/aromatic N) is 4. The molecule has 1 N–H and O–H groups in total. The van der Waals surface area contributed by atoms with E-state index >= 15 is 0 Å². The molecule has 2 aliphatic rings. The van der Waals surface area contributed by atoms with Gasteiger partial charge in [-0.2, -0.15) is 5.26 Å². The largest absolute Gasteiger partial charge is 0.378 e. The van der Waals surface area contributed by atoms with Gasteiger partial charge in [-0.25, -0.2) is 4.98 Å². The number of nitriles is 1. The van der Waals surface area contributed by atoms with E-state index in [-0.39, 0.29) is 11.8 Å². The molecule has 0 aromatic carbocycles. The van der Waals surface area contributed by atoms with Gasteiger partial charge in [-0.3, -0.25) is 4.79 Å². The lowest BCUT2D eigenvalue weighted by Gasteiger charge is -2.26. The minimum absolute atomic E-state index is 0.0457. The van der Waals surface area contributed by atoms with Crippen molar-refractivity contribution < 1.29 is 9.53 Å². The van der Waals surface area contributed by atoms with E-state index in [9.17, 15) is 4.79 Å². The monoisotopic (exact) mass is 307 g/mol. The van der Waals surface area contributed by atoms with Crippen LogP contribution >= 0.6 is 11.3 Å². The molecule has 21 heavy (non-hydrogen) atoms. The van der Waals surface area contributed by atoms with E-state index in [0.29, 0.717) is 18.2 Å². The highest BCUT2D eigenvalue weighted by atomic mass is 32.1. The summed E-state index contributed by atoms with van der Waals surface area (Å²) < 4.78 is 5.32. The summed E-state index contributed by atoms with van der Waals surface area (Å²) in [6, 6.07) is 0. The minimum Gasteiger partial charge on any atom is -0.378 e. The molecule has 7 nitrogen and oxygen atoms in total. The van der Waals surface area contributed by atoms with Gasteiger partial charge in [0.2, 0.25) is 5.91 Å². The SMILES string of the molecule is N#CN1CCC(C(=O)Nc2ncc(N3CCOCC3)s2)C1. The molecule has 8 heteroatoms. The molecular weight excluding hydrogens is 290 g/mol. The lowest BCUT2D eigenvalue weighted by Crippen LogP contribution is -2.35. The zero-order valence-corrected chi connectivity index (χ0v) is 12.4. The Balaban J connectivity index is 1.57. The van der Waals surface area contributed by atoms with E-state index in [2.05, 4.69) is 21.4 Å². The first-order valence-electron chi connectivity index (χ1n) is 7.00. The van der Waals surface area contributed by atoms with Crippen LogP contribution in [0.5, 0.6) is 0 Å². The highest BCUT2D eigenvalue weighted by Gasteiger charge is 2.28. The number of rotatable bonds is 3. The van der Waals surface area contributed by atoms with Gasteiger partial charge < -0.3 is 19.9 Å². The zero-order chi connectivity index (χ0) is 14.7. The second-order valence-electron chi connectivity index (χ2n) is 5.12. The van der Waals surface area contributed by atoms with Crippen molar-refractivity contribution in [1.29, 1.82) is 5.26 Å². The van der Waals surface area contributed by atoms with Crippen molar-refractivity contribution >= 4 is 27.4 Å². The summed E-state index contributed by atoms with van der Waals surface area (Å²) in [5.41, 5.74) is 0. The Morgan fingerprint density at radius 1 is 1.48 bits per heavy atom. The van der Waals surface area contributed by atoms with Crippen molar-refractivity contribution in [3.05, 3.63) is 6.20 Å². The van der Waals surface area contributed by atoms with E-state index < -0.39 is 0 Å². The Hall–Kier alpha value is -1.85. The molecule has 0 saturated carbocycles. The summed E-state index contributed by atoms with van der Waals surface area (Å²) in [7, 11) is 0. The van der Waals surface area contributed by atoms with E-state index in [1.54, 1.807) is 11.1 Å². The molecule has 0 spiro atoms. The smallest absolute Gasteiger partial charge is 0.231 e. The van der Waals surface area contributed by atoms with Gasteiger partial charge in [-0.05, 0) is 6.42 Å². The molecule has 1 aromatic heterocycles. The Bertz CT molecular complexity index is 549. The van der Waals surface area contributed by atoms with E-state index in [1.807, 2.05) is 0 Å². The van der Waals surface area contributed by atoms with Crippen LogP contribution in [0.4, 0.5) is 10.1 Å². The maximum absolute atomic E-state index is 12.1. The number of anilines is 2. The molecule has 1 atom stereocenters. The van der Waals surface area contributed by atoms with Gasteiger partial charge in [-0.1, -0.05) is 11.3 Å². The second-order valence-corrected chi connectivity index (χ2v) is 6.13. The first-order chi connectivity index (χ1) is 10.3. The molecule has 0 radical (unpaired) electrons. The Morgan fingerprint density at radius 3 is 3.00 bits per heavy atom. The van der Waals surface area contributed by atoms with E-state index in [4.69, 9.17) is 10.00 Å². The van der Waals surface area contributed by atoms with Gasteiger partial charge in [0.05, 0.1) is 25.3 Å². The third kappa shape index (κ3) is 3.25. The van der Waals surface area contributed by atoms with Gasteiger partial charge in [-0.15, -0.1) is 0 Å². The fourth-order valence-electron chi connectivity index (χ4n) is 2.53.